The van der Waals surface area contributed by atoms with E-state index >= 15 is 0 Å². The maximum absolute atomic E-state index is 12.7. The van der Waals surface area contributed by atoms with Crippen molar-refractivity contribution >= 4 is 13.7 Å². The highest BCUT2D eigenvalue weighted by molar-refractivity contribution is 7.47. The van der Waals surface area contributed by atoms with Gasteiger partial charge >= 0.3 is 7.82 Å². The lowest BCUT2D eigenvalue weighted by atomic mass is 10.0. The summed E-state index contributed by atoms with van der Waals surface area (Å²) in [5, 5.41) is 13.7. The molecule has 0 saturated heterocycles. The quantitative estimate of drug-likeness (QED) is 0.0410. The molecule has 0 radical (unpaired) electrons. The normalized spacial score (nSPS) is 14.4. The molecule has 0 aliphatic carbocycles. The summed E-state index contributed by atoms with van der Waals surface area (Å²) < 4.78 is 22.0. The molecular formula is C34H71N2O6P. The van der Waals surface area contributed by atoms with Crippen molar-refractivity contribution in [2.24, 2.45) is 5.73 Å². The van der Waals surface area contributed by atoms with Crippen LogP contribution in [0.1, 0.15) is 181 Å². The number of nitrogens with one attached hydrogen (secondary N) is 1. The van der Waals surface area contributed by atoms with Gasteiger partial charge in [-0.25, -0.2) is 4.57 Å². The molecule has 258 valence electrons. The van der Waals surface area contributed by atoms with Gasteiger partial charge in [0, 0.05) is 13.0 Å². The van der Waals surface area contributed by atoms with E-state index in [2.05, 4.69) is 19.2 Å². The number of unbranched alkanes of at least 4 members (excludes halogenated alkanes) is 22. The smallest absolute Gasteiger partial charge is 0.391 e. The van der Waals surface area contributed by atoms with Crippen LogP contribution in [0.4, 0.5) is 0 Å². The van der Waals surface area contributed by atoms with Gasteiger partial charge in [-0.1, -0.05) is 162 Å². The van der Waals surface area contributed by atoms with Crippen LogP contribution in [0.5, 0.6) is 0 Å². The number of carbonyl (C=O) groups excluding carboxylic acids is 1. The van der Waals surface area contributed by atoms with Gasteiger partial charge in [0.05, 0.1) is 25.4 Å². The zero-order valence-electron chi connectivity index (χ0n) is 28.2. The lowest BCUT2D eigenvalue weighted by molar-refractivity contribution is -0.123. The number of rotatable bonds is 34. The maximum atomic E-state index is 12.7. The van der Waals surface area contributed by atoms with E-state index in [0.717, 1.165) is 38.5 Å². The summed E-state index contributed by atoms with van der Waals surface area (Å²) in [6.45, 7) is 4.19. The Morgan fingerprint density at radius 1 is 0.674 bits per heavy atom. The molecule has 0 aliphatic heterocycles. The number of aliphatic hydroxyl groups is 1. The average Bonchev–Trinajstić information content (AvgIpc) is 2.99. The summed E-state index contributed by atoms with van der Waals surface area (Å²) in [4.78, 5) is 22.5. The number of nitrogens with two attached hydrogens (primary N) is 1. The van der Waals surface area contributed by atoms with Gasteiger partial charge in [-0.3, -0.25) is 13.8 Å². The molecule has 0 spiro atoms. The van der Waals surface area contributed by atoms with Crippen molar-refractivity contribution in [2.75, 3.05) is 19.8 Å². The van der Waals surface area contributed by atoms with E-state index < -0.39 is 20.0 Å². The van der Waals surface area contributed by atoms with Crippen molar-refractivity contribution in [3.05, 3.63) is 0 Å². The monoisotopic (exact) mass is 635 g/mol. The van der Waals surface area contributed by atoms with Crippen LogP contribution in [0.3, 0.4) is 0 Å². The highest BCUT2D eigenvalue weighted by atomic mass is 31.2. The second-order valence-corrected chi connectivity index (χ2v) is 13.9. The van der Waals surface area contributed by atoms with Crippen LogP contribution < -0.4 is 11.1 Å². The molecule has 0 aromatic rings. The first kappa shape index (κ1) is 42.5. The second kappa shape index (κ2) is 31.5. The average molecular weight is 635 g/mol. The number of phosphoric acid groups is 1. The third-order valence-corrected chi connectivity index (χ3v) is 9.20. The van der Waals surface area contributed by atoms with Crippen LogP contribution in [0.15, 0.2) is 0 Å². The number of hydrogen-bond donors (Lipinski definition) is 4. The van der Waals surface area contributed by atoms with E-state index in [-0.39, 0.29) is 25.7 Å². The first-order chi connectivity index (χ1) is 20.9. The number of amides is 1. The van der Waals surface area contributed by atoms with E-state index in [1.807, 2.05) is 0 Å². The minimum Gasteiger partial charge on any atom is -0.391 e. The minimum absolute atomic E-state index is 0.0920. The van der Waals surface area contributed by atoms with Gasteiger partial charge in [-0.05, 0) is 12.8 Å². The van der Waals surface area contributed by atoms with Gasteiger partial charge in [-0.15, -0.1) is 0 Å². The third-order valence-electron chi connectivity index (χ3n) is 8.21. The van der Waals surface area contributed by atoms with Crippen LogP contribution in [-0.2, 0) is 18.4 Å². The predicted molar refractivity (Wildman–Crippen MR) is 180 cm³/mol. The fraction of sp³-hybridized carbons (Fsp3) is 0.971. The second-order valence-electron chi connectivity index (χ2n) is 12.4. The zero-order chi connectivity index (χ0) is 31.9. The Hall–Kier alpha value is -0.500. The molecule has 3 atom stereocenters. The SMILES string of the molecule is CCCCCCCCCCCCCCC(=O)N[C@@H](COP(=O)(O)OCCN)[C@H](O)CCCCCCCCCCCCCC. The van der Waals surface area contributed by atoms with Crippen LogP contribution in [0.2, 0.25) is 0 Å². The minimum atomic E-state index is -4.30. The Balaban J connectivity index is 4.26. The number of carbonyl (C=O) groups is 1. The lowest BCUT2D eigenvalue weighted by Crippen LogP contribution is -2.46. The highest BCUT2D eigenvalue weighted by Crippen LogP contribution is 2.43. The molecule has 9 heteroatoms. The largest absolute Gasteiger partial charge is 0.472 e. The molecule has 0 aromatic carbocycles. The maximum Gasteiger partial charge on any atom is 0.472 e. The Kier molecular flexibility index (Phi) is 31.1. The molecule has 8 nitrogen and oxygen atoms in total. The van der Waals surface area contributed by atoms with Gasteiger partial charge in [0.15, 0.2) is 0 Å². The predicted octanol–water partition coefficient (Wildman–Crippen LogP) is 9.11. The molecule has 0 bridgehead atoms. The van der Waals surface area contributed by atoms with Crippen molar-refractivity contribution in [1.82, 2.24) is 5.32 Å². The Labute approximate surface area is 265 Å². The Morgan fingerprint density at radius 3 is 1.49 bits per heavy atom. The fourth-order valence-electron chi connectivity index (χ4n) is 5.43. The van der Waals surface area contributed by atoms with E-state index in [4.69, 9.17) is 14.8 Å². The summed E-state index contributed by atoms with van der Waals surface area (Å²) >= 11 is 0. The van der Waals surface area contributed by atoms with Crippen molar-refractivity contribution in [1.29, 1.82) is 0 Å². The molecule has 0 aliphatic rings. The topological polar surface area (TPSA) is 131 Å². The van der Waals surface area contributed by atoms with Crippen molar-refractivity contribution in [2.45, 2.75) is 193 Å². The van der Waals surface area contributed by atoms with E-state index in [0.29, 0.717) is 12.8 Å². The number of aliphatic hydroxyl groups excluding tert-OH is 1. The number of phosphoric ester groups is 1. The van der Waals surface area contributed by atoms with Crippen LogP contribution in [-0.4, -0.2) is 47.8 Å². The van der Waals surface area contributed by atoms with Crippen molar-refractivity contribution in [3.8, 4) is 0 Å². The molecule has 1 amide bonds. The van der Waals surface area contributed by atoms with E-state index in [1.165, 1.54) is 116 Å². The molecular weight excluding hydrogens is 563 g/mol. The molecule has 43 heavy (non-hydrogen) atoms. The van der Waals surface area contributed by atoms with Crippen LogP contribution in [0.25, 0.3) is 0 Å². The Morgan fingerprint density at radius 2 is 1.07 bits per heavy atom. The first-order valence-electron chi connectivity index (χ1n) is 18.2. The fourth-order valence-corrected chi connectivity index (χ4v) is 6.19. The third kappa shape index (κ3) is 29.9. The molecule has 0 rings (SSSR count). The Bertz CT molecular complexity index is 654. The summed E-state index contributed by atoms with van der Waals surface area (Å²) in [6, 6.07) is -0.764. The van der Waals surface area contributed by atoms with E-state index in [9.17, 15) is 19.4 Å². The molecule has 0 saturated carbocycles. The van der Waals surface area contributed by atoms with Crippen LogP contribution in [0, 0.1) is 0 Å². The van der Waals surface area contributed by atoms with Gasteiger partial charge in [-0.2, -0.15) is 0 Å². The number of hydrogen-bond acceptors (Lipinski definition) is 6. The lowest BCUT2D eigenvalue weighted by Gasteiger charge is -2.25. The standard InChI is InChI=1S/C34H71N2O6P/c1-3-5-7-9-11-13-15-17-19-21-23-25-27-33(37)32(31-42-43(39,40)41-30-29-35)36-34(38)28-26-24-22-20-18-16-14-12-10-8-6-4-2/h32-33,37H,3-31,35H2,1-2H3,(H,36,38)(H,39,40)/t32-,33+/m0/s1. The van der Waals surface area contributed by atoms with E-state index in [1.54, 1.807) is 0 Å². The molecule has 0 fully saturated rings. The van der Waals surface area contributed by atoms with Crippen molar-refractivity contribution in [3.63, 3.8) is 0 Å². The molecule has 0 aromatic heterocycles. The molecule has 5 N–H and O–H groups in total. The highest BCUT2D eigenvalue weighted by Gasteiger charge is 2.27. The summed E-state index contributed by atoms with van der Waals surface area (Å²) in [5.41, 5.74) is 5.35. The molecule has 0 heterocycles. The van der Waals surface area contributed by atoms with Gasteiger partial charge in [0.1, 0.15) is 0 Å². The summed E-state index contributed by atoms with van der Waals surface area (Å²) in [5.74, 6) is -0.162. The summed E-state index contributed by atoms with van der Waals surface area (Å²) in [7, 11) is -4.30. The summed E-state index contributed by atoms with van der Waals surface area (Å²) in [6.07, 6.45) is 29.6. The zero-order valence-corrected chi connectivity index (χ0v) is 29.1. The van der Waals surface area contributed by atoms with Gasteiger partial charge < -0.3 is 21.1 Å². The van der Waals surface area contributed by atoms with Crippen molar-refractivity contribution < 1.29 is 28.4 Å². The molecule has 1 unspecified atom stereocenters. The first-order valence-corrected chi connectivity index (χ1v) is 19.6. The van der Waals surface area contributed by atoms with Crippen LogP contribution >= 0.6 is 7.82 Å². The van der Waals surface area contributed by atoms with Gasteiger partial charge in [0.2, 0.25) is 5.91 Å². The van der Waals surface area contributed by atoms with Gasteiger partial charge in [0.25, 0.3) is 0 Å².